The van der Waals surface area contributed by atoms with E-state index in [4.69, 9.17) is 15.2 Å². The van der Waals surface area contributed by atoms with Crippen LogP contribution in [-0.2, 0) is 4.74 Å². The largest absolute Gasteiger partial charge is 0.497 e. The molecule has 0 aromatic heterocycles. The van der Waals surface area contributed by atoms with Crippen molar-refractivity contribution >= 4 is 0 Å². The van der Waals surface area contributed by atoms with Gasteiger partial charge in [0.15, 0.2) is 0 Å². The Morgan fingerprint density at radius 2 is 2.24 bits per heavy atom. The quantitative estimate of drug-likeness (QED) is 0.789. The Balaban J connectivity index is 1.89. The van der Waals surface area contributed by atoms with Crippen LogP contribution in [0.4, 0.5) is 0 Å². The Kier molecular flexibility index (Phi) is 4.40. The predicted molar refractivity (Wildman–Crippen MR) is 68.1 cm³/mol. The van der Waals surface area contributed by atoms with Gasteiger partial charge in [-0.15, -0.1) is 0 Å². The fourth-order valence-electron chi connectivity index (χ4n) is 1.93. The first-order valence-electron chi connectivity index (χ1n) is 6.29. The molecule has 1 aromatic rings. The van der Waals surface area contributed by atoms with Crippen molar-refractivity contribution in [2.24, 2.45) is 11.7 Å². The molecule has 1 aliphatic rings. The number of hydrogen-bond acceptors (Lipinski definition) is 3. The highest BCUT2D eigenvalue weighted by Gasteiger charge is 2.21. The molecule has 17 heavy (non-hydrogen) atoms. The van der Waals surface area contributed by atoms with Gasteiger partial charge in [-0.2, -0.15) is 0 Å². The molecule has 3 heteroatoms. The Hall–Kier alpha value is -1.06. The van der Waals surface area contributed by atoms with Gasteiger partial charge in [-0.05, 0) is 30.0 Å². The van der Waals surface area contributed by atoms with E-state index in [-0.39, 0.29) is 6.10 Å². The van der Waals surface area contributed by atoms with Crippen LogP contribution in [0.5, 0.6) is 5.75 Å². The Bertz CT molecular complexity index is 350. The van der Waals surface area contributed by atoms with Crippen molar-refractivity contribution in [3.05, 3.63) is 29.8 Å². The van der Waals surface area contributed by atoms with Crippen LogP contribution in [-0.4, -0.2) is 20.3 Å². The first kappa shape index (κ1) is 12.4. The zero-order chi connectivity index (χ0) is 12.1. The SMILES string of the molecule is COc1cccc(C(CN)OCCC2CC2)c1. The zero-order valence-electron chi connectivity index (χ0n) is 10.4. The number of rotatable bonds is 7. The van der Waals surface area contributed by atoms with Crippen molar-refractivity contribution in [3.8, 4) is 5.75 Å². The fourth-order valence-corrected chi connectivity index (χ4v) is 1.93. The second-order valence-electron chi connectivity index (χ2n) is 4.60. The average Bonchev–Trinajstić information content (AvgIpc) is 3.19. The number of methoxy groups -OCH3 is 1. The van der Waals surface area contributed by atoms with E-state index >= 15 is 0 Å². The van der Waals surface area contributed by atoms with Gasteiger partial charge in [-0.3, -0.25) is 0 Å². The molecule has 3 nitrogen and oxygen atoms in total. The van der Waals surface area contributed by atoms with E-state index in [1.165, 1.54) is 19.3 Å². The number of hydrogen-bond donors (Lipinski definition) is 1. The minimum atomic E-state index is -0.0103. The van der Waals surface area contributed by atoms with Crippen LogP contribution < -0.4 is 10.5 Å². The molecule has 1 aliphatic carbocycles. The lowest BCUT2D eigenvalue weighted by Crippen LogP contribution is -2.16. The summed E-state index contributed by atoms with van der Waals surface area (Å²) < 4.78 is 11.1. The fraction of sp³-hybridized carbons (Fsp3) is 0.571. The molecular weight excluding hydrogens is 214 g/mol. The van der Waals surface area contributed by atoms with Crippen LogP contribution >= 0.6 is 0 Å². The number of benzene rings is 1. The smallest absolute Gasteiger partial charge is 0.119 e. The van der Waals surface area contributed by atoms with E-state index in [1.807, 2.05) is 24.3 Å². The van der Waals surface area contributed by atoms with Gasteiger partial charge in [0.05, 0.1) is 13.2 Å². The van der Waals surface area contributed by atoms with E-state index in [0.717, 1.165) is 23.8 Å². The Labute approximate surface area is 103 Å². The summed E-state index contributed by atoms with van der Waals surface area (Å²) in [6.07, 6.45) is 3.90. The van der Waals surface area contributed by atoms with E-state index < -0.39 is 0 Å². The molecule has 2 rings (SSSR count). The predicted octanol–water partition coefficient (Wildman–Crippen LogP) is 2.51. The van der Waals surface area contributed by atoms with E-state index in [1.54, 1.807) is 7.11 Å². The summed E-state index contributed by atoms with van der Waals surface area (Å²) in [6.45, 7) is 1.32. The van der Waals surface area contributed by atoms with Gasteiger partial charge in [0.2, 0.25) is 0 Å². The van der Waals surface area contributed by atoms with Crippen LogP contribution in [0.25, 0.3) is 0 Å². The first-order chi connectivity index (χ1) is 8.33. The third kappa shape index (κ3) is 3.72. The van der Waals surface area contributed by atoms with Gasteiger partial charge in [0, 0.05) is 13.2 Å². The minimum absolute atomic E-state index is 0.0103. The molecule has 0 saturated heterocycles. The molecular formula is C14H21NO2. The molecule has 94 valence electrons. The zero-order valence-corrected chi connectivity index (χ0v) is 10.4. The maximum atomic E-state index is 5.85. The van der Waals surface area contributed by atoms with Crippen LogP contribution in [0.1, 0.15) is 30.9 Å². The van der Waals surface area contributed by atoms with Gasteiger partial charge in [-0.1, -0.05) is 25.0 Å². The molecule has 1 fully saturated rings. The standard InChI is InChI=1S/C14H21NO2/c1-16-13-4-2-3-12(9-13)14(10-15)17-8-7-11-5-6-11/h2-4,9,11,14H,5-8,10,15H2,1H3. The molecule has 1 unspecified atom stereocenters. The minimum Gasteiger partial charge on any atom is -0.497 e. The molecule has 0 aliphatic heterocycles. The van der Waals surface area contributed by atoms with Gasteiger partial charge in [-0.25, -0.2) is 0 Å². The van der Waals surface area contributed by atoms with E-state index in [2.05, 4.69) is 0 Å². The number of ether oxygens (including phenoxy) is 2. The van der Waals surface area contributed by atoms with E-state index in [0.29, 0.717) is 6.54 Å². The van der Waals surface area contributed by atoms with Gasteiger partial charge < -0.3 is 15.2 Å². The molecule has 0 spiro atoms. The monoisotopic (exact) mass is 235 g/mol. The van der Waals surface area contributed by atoms with Crippen molar-refractivity contribution in [1.82, 2.24) is 0 Å². The second-order valence-corrected chi connectivity index (χ2v) is 4.60. The highest BCUT2D eigenvalue weighted by atomic mass is 16.5. The molecule has 0 heterocycles. The molecule has 0 bridgehead atoms. The third-order valence-electron chi connectivity index (χ3n) is 3.22. The van der Waals surface area contributed by atoms with Crippen molar-refractivity contribution in [2.75, 3.05) is 20.3 Å². The second kappa shape index (κ2) is 6.03. The highest BCUT2D eigenvalue weighted by molar-refractivity contribution is 5.30. The summed E-state index contributed by atoms with van der Waals surface area (Å²) in [4.78, 5) is 0. The highest BCUT2D eigenvalue weighted by Crippen LogP contribution is 2.32. The first-order valence-corrected chi connectivity index (χ1v) is 6.29. The molecule has 0 radical (unpaired) electrons. The summed E-state index contributed by atoms with van der Waals surface area (Å²) in [5, 5.41) is 0. The van der Waals surface area contributed by atoms with Gasteiger partial charge in [0.25, 0.3) is 0 Å². The summed E-state index contributed by atoms with van der Waals surface area (Å²) >= 11 is 0. The lowest BCUT2D eigenvalue weighted by Gasteiger charge is -2.17. The van der Waals surface area contributed by atoms with Gasteiger partial charge >= 0.3 is 0 Å². The summed E-state index contributed by atoms with van der Waals surface area (Å²) in [6, 6.07) is 7.94. The average molecular weight is 235 g/mol. The van der Waals surface area contributed by atoms with Crippen molar-refractivity contribution in [1.29, 1.82) is 0 Å². The Morgan fingerprint density at radius 1 is 1.41 bits per heavy atom. The summed E-state index contributed by atoms with van der Waals surface area (Å²) in [5.41, 5.74) is 6.86. The lowest BCUT2D eigenvalue weighted by atomic mass is 10.1. The molecule has 1 saturated carbocycles. The third-order valence-corrected chi connectivity index (χ3v) is 3.22. The van der Waals surface area contributed by atoms with E-state index in [9.17, 15) is 0 Å². The van der Waals surface area contributed by atoms with Crippen molar-refractivity contribution < 1.29 is 9.47 Å². The van der Waals surface area contributed by atoms with Crippen LogP contribution in [0.15, 0.2) is 24.3 Å². The molecule has 1 aromatic carbocycles. The normalized spacial score (nSPS) is 16.8. The topological polar surface area (TPSA) is 44.5 Å². The molecule has 0 amide bonds. The lowest BCUT2D eigenvalue weighted by molar-refractivity contribution is 0.0544. The maximum Gasteiger partial charge on any atom is 0.119 e. The van der Waals surface area contributed by atoms with Crippen molar-refractivity contribution in [2.45, 2.75) is 25.4 Å². The molecule has 2 N–H and O–H groups in total. The van der Waals surface area contributed by atoms with Gasteiger partial charge in [0.1, 0.15) is 5.75 Å². The maximum absolute atomic E-state index is 5.85. The van der Waals surface area contributed by atoms with Crippen LogP contribution in [0, 0.1) is 5.92 Å². The summed E-state index contributed by atoms with van der Waals surface area (Å²) in [5.74, 6) is 1.76. The summed E-state index contributed by atoms with van der Waals surface area (Å²) in [7, 11) is 1.67. The van der Waals surface area contributed by atoms with Crippen LogP contribution in [0.3, 0.4) is 0 Å². The van der Waals surface area contributed by atoms with Crippen LogP contribution in [0.2, 0.25) is 0 Å². The molecule has 1 atom stereocenters. The Morgan fingerprint density at radius 3 is 2.88 bits per heavy atom. The number of nitrogens with two attached hydrogens (primary N) is 1. The van der Waals surface area contributed by atoms with Crippen molar-refractivity contribution in [3.63, 3.8) is 0 Å².